The van der Waals surface area contributed by atoms with Crippen LogP contribution in [0.25, 0.3) is 0 Å². The summed E-state index contributed by atoms with van der Waals surface area (Å²) >= 11 is 0. The third-order valence-corrected chi connectivity index (χ3v) is 4.97. The highest BCUT2D eigenvalue weighted by molar-refractivity contribution is 7.89. The van der Waals surface area contributed by atoms with E-state index >= 15 is 0 Å². The van der Waals surface area contributed by atoms with Crippen LogP contribution in [0, 0.1) is 5.92 Å². The van der Waals surface area contributed by atoms with E-state index in [9.17, 15) is 13.2 Å². The van der Waals surface area contributed by atoms with Crippen molar-refractivity contribution < 1.29 is 13.2 Å². The van der Waals surface area contributed by atoms with Crippen molar-refractivity contribution in [2.24, 2.45) is 5.92 Å². The molecule has 1 amide bonds. The van der Waals surface area contributed by atoms with Gasteiger partial charge >= 0.3 is 0 Å². The average molecular weight is 361 g/mol. The Morgan fingerprint density at radius 2 is 1.88 bits per heavy atom. The molecule has 0 saturated carbocycles. The summed E-state index contributed by atoms with van der Waals surface area (Å²) in [6.07, 6.45) is 4.15. The number of amides is 1. The second kappa shape index (κ2) is 8.73. The Morgan fingerprint density at radius 1 is 1.16 bits per heavy atom. The molecular weight excluding hydrogens is 338 g/mol. The number of sulfonamides is 1. The zero-order valence-corrected chi connectivity index (χ0v) is 15.2. The van der Waals surface area contributed by atoms with E-state index in [2.05, 4.69) is 15.0 Å². The van der Waals surface area contributed by atoms with Crippen molar-refractivity contribution in [3.63, 3.8) is 0 Å². The van der Waals surface area contributed by atoms with Crippen LogP contribution in [0.1, 0.15) is 29.8 Å². The van der Waals surface area contributed by atoms with Gasteiger partial charge in [0.15, 0.2) is 0 Å². The molecule has 7 heteroatoms. The normalized spacial score (nSPS) is 11.5. The Kier molecular flexibility index (Phi) is 6.66. The fourth-order valence-electron chi connectivity index (χ4n) is 2.11. The second-order valence-electron chi connectivity index (χ2n) is 6.14. The molecule has 1 heterocycles. The standard InChI is InChI=1S/C18H23N3O3S/c1-14(2)12-21-25(23,24)17-7-5-16(6-8-17)18(22)20-11-9-15-4-3-10-19-13-15/h3-8,10,13-14,21H,9,11-12H2,1-2H3,(H,20,22). The molecule has 2 aromatic rings. The van der Waals surface area contributed by atoms with Gasteiger partial charge in [0.25, 0.3) is 5.91 Å². The van der Waals surface area contributed by atoms with Gasteiger partial charge in [-0.1, -0.05) is 19.9 Å². The van der Waals surface area contributed by atoms with Crippen molar-refractivity contribution in [1.82, 2.24) is 15.0 Å². The van der Waals surface area contributed by atoms with Gasteiger partial charge in [-0.3, -0.25) is 9.78 Å². The molecule has 1 aromatic carbocycles. The van der Waals surface area contributed by atoms with Crippen molar-refractivity contribution in [2.75, 3.05) is 13.1 Å². The largest absolute Gasteiger partial charge is 0.352 e. The molecule has 0 aliphatic rings. The van der Waals surface area contributed by atoms with Gasteiger partial charge in [0.1, 0.15) is 0 Å². The summed E-state index contributed by atoms with van der Waals surface area (Å²) in [7, 11) is -3.54. The summed E-state index contributed by atoms with van der Waals surface area (Å²) in [5.74, 6) is -0.0115. The molecule has 0 fully saturated rings. The molecule has 2 rings (SSSR count). The fraction of sp³-hybridized carbons (Fsp3) is 0.333. The molecule has 0 unspecified atom stereocenters. The molecule has 0 aliphatic heterocycles. The number of aromatic nitrogens is 1. The summed E-state index contributed by atoms with van der Waals surface area (Å²) in [6.45, 7) is 4.72. The lowest BCUT2D eigenvalue weighted by Gasteiger charge is -2.09. The minimum absolute atomic E-state index is 0.153. The number of carbonyl (C=O) groups excluding carboxylic acids is 1. The molecule has 0 saturated heterocycles. The molecule has 2 N–H and O–H groups in total. The summed E-state index contributed by atoms with van der Waals surface area (Å²) < 4.78 is 26.8. The van der Waals surface area contributed by atoms with E-state index in [0.717, 1.165) is 5.56 Å². The molecule has 6 nitrogen and oxygen atoms in total. The first-order valence-corrected chi connectivity index (χ1v) is 9.63. The summed E-state index contributed by atoms with van der Waals surface area (Å²) in [4.78, 5) is 16.3. The lowest BCUT2D eigenvalue weighted by Crippen LogP contribution is -2.28. The van der Waals surface area contributed by atoms with Crippen molar-refractivity contribution in [3.05, 3.63) is 59.9 Å². The van der Waals surface area contributed by atoms with Crippen molar-refractivity contribution in [1.29, 1.82) is 0 Å². The van der Waals surface area contributed by atoms with E-state index in [-0.39, 0.29) is 16.7 Å². The molecular formula is C18H23N3O3S. The van der Waals surface area contributed by atoms with Gasteiger partial charge in [-0.25, -0.2) is 13.1 Å². The van der Waals surface area contributed by atoms with Crippen LogP contribution in [0.4, 0.5) is 0 Å². The fourth-order valence-corrected chi connectivity index (χ4v) is 3.33. The second-order valence-corrected chi connectivity index (χ2v) is 7.90. The number of pyridine rings is 1. The highest BCUT2D eigenvalue weighted by Crippen LogP contribution is 2.11. The first-order chi connectivity index (χ1) is 11.9. The summed E-state index contributed by atoms with van der Waals surface area (Å²) in [6, 6.07) is 9.72. The number of carbonyl (C=O) groups is 1. The number of nitrogens with zero attached hydrogens (tertiary/aromatic N) is 1. The van der Waals surface area contributed by atoms with Gasteiger partial charge in [0.2, 0.25) is 10.0 Å². The van der Waals surface area contributed by atoms with Crippen LogP contribution >= 0.6 is 0 Å². The Labute approximate surface area is 148 Å². The van der Waals surface area contributed by atoms with Crippen LogP contribution in [-0.4, -0.2) is 32.4 Å². The lowest BCUT2D eigenvalue weighted by molar-refractivity contribution is 0.0954. The number of hydrogen-bond acceptors (Lipinski definition) is 4. The SMILES string of the molecule is CC(C)CNS(=O)(=O)c1ccc(C(=O)NCCc2cccnc2)cc1. The maximum absolute atomic E-state index is 12.1. The van der Waals surface area contributed by atoms with Crippen molar-refractivity contribution >= 4 is 15.9 Å². The third kappa shape index (κ3) is 5.95. The van der Waals surface area contributed by atoms with Crippen molar-refractivity contribution in [3.8, 4) is 0 Å². The van der Waals surface area contributed by atoms with Crippen LogP contribution in [0.5, 0.6) is 0 Å². The molecule has 0 aliphatic carbocycles. The van der Waals surface area contributed by atoms with E-state index in [1.54, 1.807) is 12.4 Å². The molecule has 0 spiro atoms. The minimum atomic E-state index is -3.54. The Bertz CT molecular complexity index is 788. The summed E-state index contributed by atoms with van der Waals surface area (Å²) in [5, 5.41) is 2.81. The molecule has 134 valence electrons. The van der Waals surface area contributed by atoms with Crippen molar-refractivity contribution in [2.45, 2.75) is 25.2 Å². The van der Waals surface area contributed by atoms with Crippen LogP contribution in [-0.2, 0) is 16.4 Å². The highest BCUT2D eigenvalue weighted by atomic mass is 32.2. The Morgan fingerprint density at radius 3 is 2.48 bits per heavy atom. The highest BCUT2D eigenvalue weighted by Gasteiger charge is 2.15. The Hall–Kier alpha value is -2.25. The number of benzene rings is 1. The smallest absolute Gasteiger partial charge is 0.251 e. The van der Waals surface area contributed by atoms with Gasteiger partial charge in [-0.15, -0.1) is 0 Å². The first kappa shape index (κ1) is 19.1. The lowest BCUT2D eigenvalue weighted by atomic mass is 10.2. The monoisotopic (exact) mass is 361 g/mol. The third-order valence-electron chi connectivity index (χ3n) is 3.53. The minimum Gasteiger partial charge on any atom is -0.352 e. The maximum atomic E-state index is 12.1. The van der Waals surface area contributed by atoms with Crippen LogP contribution < -0.4 is 10.0 Å². The first-order valence-electron chi connectivity index (χ1n) is 8.15. The Balaban J connectivity index is 1.91. The molecule has 0 atom stereocenters. The van der Waals surface area contributed by atoms with Gasteiger partial charge in [-0.05, 0) is 48.2 Å². The average Bonchev–Trinajstić information content (AvgIpc) is 2.61. The van der Waals surface area contributed by atoms with Gasteiger partial charge in [0, 0.05) is 31.0 Å². The predicted molar refractivity (Wildman–Crippen MR) is 96.7 cm³/mol. The predicted octanol–water partition coefficient (Wildman–Crippen LogP) is 1.99. The molecule has 1 aromatic heterocycles. The number of rotatable bonds is 8. The van der Waals surface area contributed by atoms with Crippen LogP contribution in [0.2, 0.25) is 0 Å². The van der Waals surface area contributed by atoms with Gasteiger partial charge < -0.3 is 5.32 Å². The zero-order valence-electron chi connectivity index (χ0n) is 14.4. The summed E-state index contributed by atoms with van der Waals surface area (Å²) in [5.41, 5.74) is 1.47. The number of nitrogens with one attached hydrogen (secondary N) is 2. The zero-order chi connectivity index (χ0) is 18.3. The molecule has 0 bridgehead atoms. The molecule has 0 radical (unpaired) electrons. The van der Waals surface area contributed by atoms with Crippen LogP contribution in [0.15, 0.2) is 53.7 Å². The topological polar surface area (TPSA) is 88.2 Å². The number of hydrogen-bond donors (Lipinski definition) is 2. The van der Waals surface area contributed by atoms with E-state index < -0.39 is 10.0 Å². The van der Waals surface area contributed by atoms with E-state index in [0.29, 0.717) is 25.1 Å². The quantitative estimate of drug-likeness (QED) is 0.753. The van der Waals surface area contributed by atoms with E-state index in [1.807, 2.05) is 26.0 Å². The van der Waals surface area contributed by atoms with Crippen LogP contribution in [0.3, 0.4) is 0 Å². The van der Waals surface area contributed by atoms with E-state index in [1.165, 1.54) is 24.3 Å². The maximum Gasteiger partial charge on any atom is 0.251 e. The van der Waals surface area contributed by atoms with E-state index in [4.69, 9.17) is 0 Å². The molecule has 25 heavy (non-hydrogen) atoms. The van der Waals surface area contributed by atoms with Gasteiger partial charge in [0.05, 0.1) is 4.90 Å². The van der Waals surface area contributed by atoms with Gasteiger partial charge in [-0.2, -0.15) is 0 Å².